The highest BCUT2D eigenvalue weighted by Crippen LogP contribution is 2.24. The molecule has 2 rings (SSSR count). The Hall–Kier alpha value is -1.63. The Balaban J connectivity index is 2.25. The molecule has 1 aliphatic heterocycles. The van der Waals surface area contributed by atoms with Crippen molar-refractivity contribution in [2.75, 3.05) is 36.0 Å². The van der Waals surface area contributed by atoms with Gasteiger partial charge in [-0.2, -0.15) is 0 Å². The van der Waals surface area contributed by atoms with Gasteiger partial charge in [0.25, 0.3) is 5.91 Å². The fourth-order valence-corrected chi connectivity index (χ4v) is 4.80. The zero-order valence-electron chi connectivity index (χ0n) is 14.0. The monoisotopic (exact) mass is 339 g/mol. The molecule has 1 aromatic heterocycles. The predicted octanol–water partition coefficient (Wildman–Crippen LogP) is 1.58. The van der Waals surface area contributed by atoms with E-state index >= 15 is 0 Å². The summed E-state index contributed by atoms with van der Waals surface area (Å²) in [6.07, 6.45) is 3.90. The van der Waals surface area contributed by atoms with Crippen LogP contribution in [-0.2, 0) is 9.84 Å². The minimum Gasteiger partial charge on any atom is -0.367 e. The number of sulfone groups is 1. The first-order valence-electron chi connectivity index (χ1n) is 8.13. The van der Waals surface area contributed by atoms with Crippen LogP contribution in [0, 0.1) is 0 Å². The highest BCUT2D eigenvalue weighted by atomic mass is 32.2. The standard InChI is InChI=1S/C16H25N3O3S/c1-4-18(5-2)16(20)13-9-15(11-17-10-13)19(6-3)14-7-8-23(21,22)12-14/h9-11,14H,4-8,12H2,1-3H3. The first-order chi connectivity index (χ1) is 10.9. The van der Waals surface area contributed by atoms with E-state index in [1.807, 2.05) is 31.7 Å². The number of pyridine rings is 1. The number of nitrogens with zero attached hydrogens (tertiary/aromatic N) is 3. The molecule has 6 nitrogen and oxygen atoms in total. The summed E-state index contributed by atoms with van der Waals surface area (Å²) in [5.41, 5.74) is 1.36. The van der Waals surface area contributed by atoms with Crippen LogP contribution >= 0.6 is 0 Å². The van der Waals surface area contributed by atoms with E-state index in [2.05, 4.69) is 4.98 Å². The molecule has 7 heteroatoms. The average molecular weight is 339 g/mol. The molecule has 1 amide bonds. The van der Waals surface area contributed by atoms with Gasteiger partial charge in [-0.15, -0.1) is 0 Å². The first kappa shape index (κ1) is 17.7. The van der Waals surface area contributed by atoms with Crippen molar-refractivity contribution in [1.82, 2.24) is 9.88 Å². The van der Waals surface area contributed by atoms with Crippen LogP contribution in [0.25, 0.3) is 0 Å². The van der Waals surface area contributed by atoms with Gasteiger partial charge in [0.15, 0.2) is 9.84 Å². The largest absolute Gasteiger partial charge is 0.367 e. The SMILES string of the molecule is CCN(CC)C(=O)c1cncc(N(CC)C2CCS(=O)(=O)C2)c1. The smallest absolute Gasteiger partial charge is 0.255 e. The number of amides is 1. The molecule has 0 spiro atoms. The molecule has 1 aliphatic rings. The van der Waals surface area contributed by atoms with Gasteiger partial charge in [0, 0.05) is 31.9 Å². The third-order valence-corrected chi connectivity index (χ3v) is 6.09. The number of aromatic nitrogens is 1. The number of carbonyl (C=O) groups excluding carboxylic acids is 1. The minimum absolute atomic E-state index is 0.0365. The van der Waals surface area contributed by atoms with Gasteiger partial charge in [0.2, 0.25) is 0 Å². The molecule has 0 aliphatic carbocycles. The van der Waals surface area contributed by atoms with Crippen LogP contribution in [-0.4, -0.2) is 61.4 Å². The number of hydrogen-bond acceptors (Lipinski definition) is 5. The molecule has 23 heavy (non-hydrogen) atoms. The molecule has 0 bridgehead atoms. The second-order valence-electron chi connectivity index (χ2n) is 5.75. The second-order valence-corrected chi connectivity index (χ2v) is 7.98. The first-order valence-corrected chi connectivity index (χ1v) is 9.95. The predicted molar refractivity (Wildman–Crippen MR) is 91.6 cm³/mol. The zero-order valence-corrected chi connectivity index (χ0v) is 14.8. The highest BCUT2D eigenvalue weighted by Gasteiger charge is 2.32. The maximum Gasteiger partial charge on any atom is 0.255 e. The fraction of sp³-hybridized carbons (Fsp3) is 0.625. The molecule has 128 valence electrons. The van der Waals surface area contributed by atoms with E-state index < -0.39 is 9.84 Å². The summed E-state index contributed by atoms with van der Waals surface area (Å²) in [7, 11) is -2.94. The van der Waals surface area contributed by atoms with E-state index in [1.54, 1.807) is 17.3 Å². The van der Waals surface area contributed by atoms with E-state index in [9.17, 15) is 13.2 Å². The molecule has 0 N–H and O–H groups in total. The molecule has 0 aromatic carbocycles. The number of hydrogen-bond donors (Lipinski definition) is 0. The van der Waals surface area contributed by atoms with Crippen molar-refractivity contribution in [1.29, 1.82) is 0 Å². The lowest BCUT2D eigenvalue weighted by Gasteiger charge is -2.29. The third-order valence-electron chi connectivity index (χ3n) is 4.34. The number of carbonyl (C=O) groups is 1. The topological polar surface area (TPSA) is 70.6 Å². The van der Waals surface area contributed by atoms with Crippen LogP contribution in [0.2, 0.25) is 0 Å². The van der Waals surface area contributed by atoms with Gasteiger partial charge in [0.05, 0.1) is 29.0 Å². The van der Waals surface area contributed by atoms with Gasteiger partial charge in [-0.1, -0.05) is 0 Å². The Kier molecular flexibility index (Phi) is 5.62. The van der Waals surface area contributed by atoms with Crippen LogP contribution < -0.4 is 4.90 Å². The third kappa shape index (κ3) is 4.02. The molecule has 1 fully saturated rings. The van der Waals surface area contributed by atoms with Crippen molar-refractivity contribution in [2.24, 2.45) is 0 Å². The summed E-state index contributed by atoms with van der Waals surface area (Å²) in [6, 6.07) is 1.79. The van der Waals surface area contributed by atoms with Crippen molar-refractivity contribution in [3.05, 3.63) is 24.0 Å². The molecular formula is C16H25N3O3S. The van der Waals surface area contributed by atoms with E-state index in [4.69, 9.17) is 0 Å². The lowest BCUT2D eigenvalue weighted by atomic mass is 10.1. The summed E-state index contributed by atoms with van der Waals surface area (Å²) < 4.78 is 23.5. The van der Waals surface area contributed by atoms with E-state index in [0.29, 0.717) is 31.6 Å². The van der Waals surface area contributed by atoms with Crippen LogP contribution in [0.4, 0.5) is 5.69 Å². The quantitative estimate of drug-likeness (QED) is 0.787. The minimum atomic E-state index is -2.94. The zero-order chi connectivity index (χ0) is 17.0. The van der Waals surface area contributed by atoms with Crippen molar-refractivity contribution < 1.29 is 13.2 Å². The Morgan fingerprint density at radius 2 is 1.91 bits per heavy atom. The molecule has 1 unspecified atom stereocenters. The Morgan fingerprint density at radius 1 is 1.22 bits per heavy atom. The average Bonchev–Trinajstić information content (AvgIpc) is 2.89. The van der Waals surface area contributed by atoms with Crippen molar-refractivity contribution in [2.45, 2.75) is 33.2 Å². The molecule has 1 atom stereocenters. The van der Waals surface area contributed by atoms with Gasteiger partial charge in [0.1, 0.15) is 0 Å². The summed E-state index contributed by atoms with van der Waals surface area (Å²) in [6.45, 7) is 7.87. The van der Waals surface area contributed by atoms with Gasteiger partial charge in [-0.05, 0) is 33.3 Å². The van der Waals surface area contributed by atoms with E-state index in [0.717, 1.165) is 5.69 Å². The Morgan fingerprint density at radius 3 is 2.43 bits per heavy atom. The van der Waals surface area contributed by atoms with Crippen LogP contribution in [0.1, 0.15) is 37.6 Å². The molecule has 1 saturated heterocycles. The van der Waals surface area contributed by atoms with Gasteiger partial charge in [-0.3, -0.25) is 9.78 Å². The second kappa shape index (κ2) is 7.29. The number of anilines is 1. The van der Waals surface area contributed by atoms with Crippen LogP contribution in [0.15, 0.2) is 18.5 Å². The van der Waals surface area contributed by atoms with Gasteiger partial charge < -0.3 is 9.80 Å². The summed E-state index contributed by atoms with van der Waals surface area (Å²) >= 11 is 0. The number of rotatable bonds is 6. The van der Waals surface area contributed by atoms with Crippen LogP contribution in [0.5, 0.6) is 0 Å². The molecule has 1 aromatic rings. The summed E-state index contributed by atoms with van der Waals surface area (Å²) in [4.78, 5) is 20.4. The molecule has 2 heterocycles. The summed E-state index contributed by atoms with van der Waals surface area (Å²) in [5.74, 6) is 0.369. The molecular weight excluding hydrogens is 314 g/mol. The van der Waals surface area contributed by atoms with Crippen LogP contribution in [0.3, 0.4) is 0 Å². The lowest BCUT2D eigenvalue weighted by molar-refractivity contribution is 0.0772. The van der Waals surface area contributed by atoms with Crippen molar-refractivity contribution >= 4 is 21.4 Å². The lowest BCUT2D eigenvalue weighted by Crippen LogP contribution is -2.36. The van der Waals surface area contributed by atoms with Crippen molar-refractivity contribution in [3.63, 3.8) is 0 Å². The van der Waals surface area contributed by atoms with E-state index in [1.165, 1.54) is 0 Å². The normalized spacial score (nSPS) is 19.5. The Bertz CT molecular complexity index is 656. The van der Waals surface area contributed by atoms with Gasteiger partial charge >= 0.3 is 0 Å². The van der Waals surface area contributed by atoms with E-state index in [-0.39, 0.29) is 23.5 Å². The Labute approximate surface area is 138 Å². The molecule has 0 saturated carbocycles. The highest BCUT2D eigenvalue weighted by molar-refractivity contribution is 7.91. The fourth-order valence-electron chi connectivity index (χ4n) is 3.07. The molecule has 0 radical (unpaired) electrons. The summed E-state index contributed by atoms with van der Waals surface area (Å²) in [5, 5.41) is 0. The maximum atomic E-state index is 12.5. The van der Waals surface area contributed by atoms with Crippen molar-refractivity contribution in [3.8, 4) is 0 Å². The maximum absolute atomic E-state index is 12.5. The van der Waals surface area contributed by atoms with Gasteiger partial charge in [-0.25, -0.2) is 8.42 Å².